The molecule has 0 aliphatic carbocycles. The smallest absolute Gasteiger partial charge is 0.257 e. The SMILES string of the molecule is O=C(Nc1ncc(C2CCNCC2)s1)c1cccc(-n2ccnc2)c1. The Hall–Kier alpha value is -2.51. The third kappa shape index (κ3) is 3.62. The van der Waals surface area contributed by atoms with E-state index < -0.39 is 0 Å². The summed E-state index contributed by atoms with van der Waals surface area (Å²) in [5.41, 5.74) is 1.50. The summed E-state index contributed by atoms with van der Waals surface area (Å²) in [5, 5.41) is 6.95. The molecule has 1 aliphatic heterocycles. The zero-order chi connectivity index (χ0) is 17.1. The van der Waals surface area contributed by atoms with E-state index in [0.717, 1.165) is 31.6 Å². The van der Waals surface area contributed by atoms with Crippen molar-refractivity contribution < 1.29 is 4.79 Å². The molecule has 0 radical (unpaired) electrons. The van der Waals surface area contributed by atoms with E-state index in [-0.39, 0.29) is 5.91 Å². The number of nitrogens with one attached hydrogen (secondary N) is 2. The maximum Gasteiger partial charge on any atom is 0.257 e. The van der Waals surface area contributed by atoms with E-state index in [1.807, 2.05) is 35.2 Å². The highest BCUT2D eigenvalue weighted by Gasteiger charge is 2.18. The standard InChI is InChI=1S/C18H19N5OS/c24-17(14-2-1-3-15(10-14)23-9-8-20-12-23)22-18-21-11-16(25-18)13-4-6-19-7-5-13/h1-3,8-13,19H,4-7H2,(H,21,22,24). The molecule has 2 aromatic heterocycles. The zero-order valence-electron chi connectivity index (χ0n) is 13.7. The van der Waals surface area contributed by atoms with Crippen molar-refractivity contribution in [1.82, 2.24) is 19.9 Å². The molecule has 2 N–H and O–H groups in total. The Morgan fingerprint density at radius 3 is 3.00 bits per heavy atom. The molecule has 7 heteroatoms. The van der Waals surface area contributed by atoms with Crippen LogP contribution in [-0.4, -0.2) is 33.5 Å². The van der Waals surface area contributed by atoms with Gasteiger partial charge in [-0.25, -0.2) is 9.97 Å². The van der Waals surface area contributed by atoms with Crippen LogP contribution in [0.4, 0.5) is 5.13 Å². The van der Waals surface area contributed by atoms with Gasteiger partial charge in [0.05, 0.1) is 6.33 Å². The van der Waals surface area contributed by atoms with Gasteiger partial charge in [-0.15, -0.1) is 11.3 Å². The van der Waals surface area contributed by atoms with Crippen LogP contribution in [-0.2, 0) is 0 Å². The summed E-state index contributed by atoms with van der Waals surface area (Å²) in [6.45, 7) is 2.09. The first-order valence-electron chi connectivity index (χ1n) is 8.36. The van der Waals surface area contributed by atoms with Crippen molar-refractivity contribution in [3.8, 4) is 5.69 Å². The Morgan fingerprint density at radius 1 is 1.32 bits per heavy atom. The summed E-state index contributed by atoms with van der Waals surface area (Å²) < 4.78 is 1.87. The number of thiazole rings is 1. The number of carbonyl (C=O) groups excluding carboxylic acids is 1. The van der Waals surface area contributed by atoms with Crippen LogP contribution in [0.1, 0.15) is 34.0 Å². The van der Waals surface area contributed by atoms with Crippen molar-refractivity contribution in [2.75, 3.05) is 18.4 Å². The van der Waals surface area contributed by atoms with Crippen LogP contribution in [0.2, 0.25) is 0 Å². The Labute approximate surface area is 149 Å². The number of amides is 1. The molecule has 1 amide bonds. The van der Waals surface area contributed by atoms with Gasteiger partial charge in [0, 0.05) is 34.7 Å². The molecular formula is C18H19N5OS. The van der Waals surface area contributed by atoms with Crippen molar-refractivity contribution in [2.24, 2.45) is 0 Å². The molecule has 1 saturated heterocycles. The minimum absolute atomic E-state index is 0.145. The molecule has 3 heterocycles. The van der Waals surface area contributed by atoms with E-state index in [2.05, 4.69) is 20.6 Å². The lowest BCUT2D eigenvalue weighted by Crippen LogP contribution is -2.26. The highest BCUT2D eigenvalue weighted by molar-refractivity contribution is 7.15. The van der Waals surface area contributed by atoms with Gasteiger partial charge >= 0.3 is 0 Å². The van der Waals surface area contributed by atoms with Gasteiger partial charge in [0.2, 0.25) is 0 Å². The fraction of sp³-hybridized carbons (Fsp3) is 0.278. The van der Waals surface area contributed by atoms with Crippen LogP contribution in [0.15, 0.2) is 49.2 Å². The molecule has 0 saturated carbocycles. The molecule has 1 fully saturated rings. The largest absolute Gasteiger partial charge is 0.317 e. The Kier molecular flexibility index (Phi) is 4.58. The fourth-order valence-electron chi connectivity index (χ4n) is 3.03. The second-order valence-corrected chi connectivity index (χ2v) is 7.13. The predicted molar refractivity (Wildman–Crippen MR) is 98.5 cm³/mol. The van der Waals surface area contributed by atoms with E-state index in [1.54, 1.807) is 29.9 Å². The lowest BCUT2D eigenvalue weighted by atomic mass is 9.97. The van der Waals surface area contributed by atoms with Crippen LogP contribution in [0, 0.1) is 0 Å². The van der Waals surface area contributed by atoms with Gasteiger partial charge in [-0.05, 0) is 50.0 Å². The summed E-state index contributed by atoms with van der Waals surface area (Å²) >= 11 is 1.58. The molecule has 0 atom stereocenters. The van der Waals surface area contributed by atoms with Crippen LogP contribution in [0.5, 0.6) is 0 Å². The molecule has 1 aliphatic rings. The van der Waals surface area contributed by atoms with Gasteiger partial charge < -0.3 is 9.88 Å². The maximum atomic E-state index is 12.5. The van der Waals surface area contributed by atoms with Gasteiger partial charge in [0.25, 0.3) is 5.91 Å². The first-order chi connectivity index (χ1) is 12.3. The topological polar surface area (TPSA) is 71.8 Å². The van der Waals surface area contributed by atoms with Gasteiger partial charge in [0.15, 0.2) is 5.13 Å². The molecule has 0 spiro atoms. The van der Waals surface area contributed by atoms with E-state index in [1.165, 1.54) is 4.88 Å². The number of aromatic nitrogens is 3. The number of rotatable bonds is 4. The van der Waals surface area contributed by atoms with Crippen LogP contribution >= 0.6 is 11.3 Å². The quantitative estimate of drug-likeness (QED) is 0.756. The Bertz CT molecular complexity index is 852. The maximum absolute atomic E-state index is 12.5. The van der Waals surface area contributed by atoms with Crippen LogP contribution < -0.4 is 10.6 Å². The molecule has 128 valence electrons. The normalized spacial score (nSPS) is 15.2. The van der Waals surface area contributed by atoms with E-state index in [0.29, 0.717) is 16.6 Å². The second kappa shape index (κ2) is 7.16. The molecule has 0 bridgehead atoms. The summed E-state index contributed by atoms with van der Waals surface area (Å²) in [6.07, 6.45) is 9.43. The number of nitrogens with zero attached hydrogens (tertiary/aromatic N) is 3. The fourth-order valence-corrected chi connectivity index (χ4v) is 4.01. The first-order valence-corrected chi connectivity index (χ1v) is 9.17. The van der Waals surface area contributed by atoms with Gasteiger partial charge in [-0.1, -0.05) is 6.07 Å². The molecule has 1 aromatic carbocycles. The number of hydrogen-bond acceptors (Lipinski definition) is 5. The highest BCUT2D eigenvalue weighted by Crippen LogP contribution is 2.31. The minimum atomic E-state index is -0.145. The van der Waals surface area contributed by atoms with Crippen molar-refractivity contribution in [1.29, 1.82) is 0 Å². The van der Waals surface area contributed by atoms with Crippen molar-refractivity contribution in [3.05, 3.63) is 59.6 Å². The van der Waals surface area contributed by atoms with Crippen molar-refractivity contribution in [2.45, 2.75) is 18.8 Å². The van der Waals surface area contributed by atoms with E-state index >= 15 is 0 Å². The van der Waals surface area contributed by atoms with Gasteiger partial charge in [0.1, 0.15) is 0 Å². The molecular weight excluding hydrogens is 334 g/mol. The second-order valence-electron chi connectivity index (χ2n) is 6.07. The predicted octanol–water partition coefficient (Wildman–Crippen LogP) is 3.05. The summed E-state index contributed by atoms with van der Waals surface area (Å²) in [7, 11) is 0. The number of imidazole rings is 1. The lowest BCUT2D eigenvalue weighted by molar-refractivity contribution is 0.102. The number of piperidine rings is 1. The number of hydrogen-bond donors (Lipinski definition) is 2. The number of carbonyl (C=O) groups is 1. The van der Waals surface area contributed by atoms with Crippen LogP contribution in [0.25, 0.3) is 5.69 Å². The first kappa shape index (κ1) is 16.0. The lowest BCUT2D eigenvalue weighted by Gasteiger charge is -2.20. The zero-order valence-corrected chi connectivity index (χ0v) is 14.5. The third-order valence-corrected chi connectivity index (χ3v) is 5.47. The molecule has 6 nitrogen and oxygen atoms in total. The average molecular weight is 353 g/mol. The van der Waals surface area contributed by atoms with Gasteiger partial charge in [-0.2, -0.15) is 0 Å². The summed E-state index contributed by atoms with van der Waals surface area (Å²) in [5.74, 6) is 0.405. The average Bonchev–Trinajstić information content (AvgIpc) is 3.35. The minimum Gasteiger partial charge on any atom is -0.317 e. The van der Waals surface area contributed by atoms with Crippen LogP contribution in [0.3, 0.4) is 0 Å². The van der Waals surface area contributed by atoms with Crippen molar-refractivity contribution in [3.63, 3.8) is 0 Å². The van der Waals surface area contributed by atoms with Gasteiger partial charge in [-0.3, -0.25) is 10.1 Å². The van der Waals surface area contributed by atoms with E-state index in [9.17, 15) is 4.79 Å². The Balaban J connectivity index is 1.47. The summed E-state index contributed by atoms with van der Waals surface area (Å²) in [4.78, 5) is 22.2. The number of anilines is 1. The third-order valence-electron chi connectivity index (χ3n) is 4.40. The molecule has 25 heavy (non-hydrogen) atoms. The van der Waals surface area contributed by atoms with Crippen molar-refractivity contribution >= 4 is 22.4 Å². The molecule has 4 rings (SSSR count). The number of benzene rings is 1. The monoisotopic (exact) mass is 353 g/mol. The molecule has 0 unspecified atom stereocenters. The summed E-state index contributed by atoms with van der Waals surface area (Å²) in [6, 6.07) is 7.46. The molecule has 3 aromatic rings. The Morgan fingerprint density at radius 2 is 2.20 bits per heavy atom. The highest BCUT2D eigenvalue weighted by atomic mass is 32.1. The van der Waals surface area contributed by atoms with E-state index in [4.69, 9.17) is 0 Å².